The lowest BCUT2D eigenvalue weighted by atomic mass is 11.0. The van der Waals surface area contributed by atoms with E-state index in [2.05, 4.69) is 42.3 Å². The van der Waals surface area contributed by atoms with E-state index in [0.717, 1.165) is 0 Å². The smallest absolute Gasteiger partial charge is 0.0661 e. The first-order valence-electron chi connectivity index (χ1n) is 4.00. The average molecular weight is 184 g/mol. The summed E-state index contributed by atoms with van der Waals surface area (Å²) in [6, 6.07) is 0. The molecule has 0 spiro atoms. The van der Waals surface area contributed by atoms with Gasteiger partial charge in [0.15, 0.2) is 0 Å². The van der Waals surface area contributed by atoms with Crippen molar-refractivity contribution in [3.8, 4) is 0 Å². The first kappa shape index (κ1) is 29.7. The molecular formula is C8H28N2O2. The van der Waals surface area contributed by atoms with E-state index < -0.39 is 0 Å². The molecule has 0 rings (SSSR count). The molecule has 4 nitrogen and oxygen atoms in total. The SMILES string of the molecule is CC.C[NH+](C)C.C[NH+](C)C.[OH-].[OH-]. The zero-order valence-corrected chi connectivity index (χ0v) is 9.89. The fourth-order valence-corrected chi connectivity index (χ4v) is 0. The van der Waals surface area contributed by atoms with Gasteiger partial charge in [0, 0.05) is 0 Å². The molecule has 0 saturated heterocycles. The summed E-state index contributed by atoms with van der Waals surface area (Å²) in [6.45, 7) is 4.00. The molecule has 0 aliphatic heterocycles. The lowest BCUT2D eigenvalue weighted by Crippen LogP contribution is -3.02. The van der Waals surface area contributed by atoms with E-state index in [4.69, 9.17) is 0 Å². The van der Waals surface area contributed by atoms with Crippen LogP contribution < -0.4 is 9.80 Å². The van der Waals surface area contributed by atoms with Crippen LogP contribution in [0.1, 0.15) is 13.8 Å². The molecule has 0 aromatic carbocycles. The highest BCUT2D eigenvalue weighted by molar-refractivity contribution is 3.59. The van der Waals surface area contributed by atoms with Gasteiger partial charge in [0.2, 0.25) is 0 Å². The van der Waals surface area contributed by atoms with Gasteiger partial charge in [-0.2, -0.15) is 0 Å². The Labute approximate surface area is 77.8 Å². The van der Waals surface area contributed by atoms with E-state index in [1.165, 1.54) is 9.80 Å². The molecule has 0 bridgehead atoms. The number of hydrogen-bond donors (Lipinski definition) is 2. The lowest BCUT2D eigenvalue weighted by Gasteiger charge is -1.88. The zero-order chi connectivity index (χ0) is 9.15. The summed E-state index contributed by atoms with van der Waals surface area (Å²) in [4.78, 5) is 2.83. The lowest BCUT2D eigenvalue weighted by molar-refractivity contribution is -0.836. The Kier molecular flexibility index (Phi) is 76.3. The highest BCUT2D eigenvalue weighted by Gasteiger charge is 1.61. The standard InChI is InChI=1S/2C3H9N.C2H6.2H2O/c2*1-4(2)3;1-2;;/h2*1-3H3;1-2H3;2*1H2. The summed E-state index contributed by atoms with van der Waals surface area (Å²) in [7, 11) is 12.5. The Balaban J connectivity index is -0.0000000198. The Hall–Kier alpha value is -0.160. The molecule has 4 N–H and O–H groups in total. The summed E-state index contributed by atoms with van der Waals surface area (Å²) in [5.74, 6) is 0. The Bertz CT molecular complexity index is 30.5. The predicted octanol–water partition coefficient (Wildman–Crippen LogP) is -1.81. The molecule has 0 fully saturated rings. The number of quaternary nitrogens is 2. The monoisotopic (exact) mass is 184 g/mol. The third-order valence-corrected chi connectivity index (χ3v) is 0. The second-order valence-corrected chi connectivity index (χ2v) is 3.00. The molecule has 0 saturated carbocycles. The molecule has 4 heteroatoms. The van der Waals surface area contributed by atoms with E-state index in [1.54, 1.807) is 0 Å². The van der Waals surface area contributed by atoms with Gasteiger partial charge in [-0.05, 0) is 0 Å². The van der Waals surface area contributed by atoms with E-state index >= 15 is 0 Å². The van der Waals surface area contributed by atoms with Crippen LogP contribution in [0.5, 0.6) is 0 Å². The van der Waals surface area contributed by atoms with Gasteiger partial charge >= 0.3 is 0 Å². The Morgan fingerprint density at radius 1 is 0.500 bits per heavy atom. The fraction of sp³-hybridized carbons (Fsp3) is 1.00. The minimum atomic E-state index is 0. The summed E-state index contributed by atoms with van der Waals surface area (Å²) in [5, 5.41) is 0. The molecule has 0 aromatic heterocycles. The summed E-state index contributed by atoms with van der Waals surface area (Å²) in [5.41, 5.74) is 0. The van der Waals surface area contributed by atoms with Crippen LogP contribution in [0.15, 0.2) is 0 Å². The summed E-state index contributed by atoms with van der Waals surface area (Å²) >= 11 is 0. The van der Waals surface area contributed by atoms with E-state index in [9.17, 15) is 0 Å². The average Bonchev–Trinajstić information content (AvgIpc) is 1.66. The van der Waals surface area contributed by atoms with Crippen molar-refractivity contribution in [1.29, 1.82) is 0 Å². The zero-order valence-electron chi connectivity index (χ0n) is 9.89. The maximum absolute atomic E-state index is 2.08. The second-order valence-electron chi connectivity index (χ2n) is 3.00. The molecule has 0 aliphatic carbocycles. The van der Waals surface area contributed by atoms with Gasteiger partial charge in [-0.15, -0.1) is 0 Å². The van der Waals surface area contributed by atoms with Gasteiger partial charge < -0.3 is 20.8 Å². The minimum Gasteiger partial charge on any atom is -0.870 e. The van der Waals surface area contributed by atoms with Crippen molar-refractivity contribution in [2.45, 2.75) is 13.8 Å². The van der Waals surface area contributed by atoms with Crippen LogP contribution in [0.3, 0.4) is 0 Å². The molecule has 12 heavy (non-hydrogen) atoms. The van der Waals surface area contributed by atoms with Gasteiger partial charge in [-0.3, -0.25) is 0 Å². The van der Waals surface area contributed by atoms with E-state index in [1.807, 2.05) is 13.8 Å². The first-order valence-corrected chi connectivity index (χ1v) is 4.00. The van der Waals surface area contributed by atoms with Gasteiger partial charge in [-0.25, -0.2) is 0 Å². The second kappa shape index (κ2) is 30.8. The van der Waals surface area contributed by atoms with Crippen molar-refractivity contribution in [3.05, 3.63) is 0 Å². The van der Waals surface area contributed by atoms with E-state index in [-0.39, 0.29) is 11.0 Å². The van der Waals surface area contributed by atoms with Crippen molar-refractivity contribution >= 4 is 0 Å². The van der Waals surface area contributed by atoms with Crippen molar-refractivity contribution in [2.75, 3.05) is 42.3 Å². The highest BCUT2D eigenvalue weighted by Crippen LogP contribution is 1.14. The first-order chi connectivity index (χ1) is 4.46. The Morgan fingerprint density at radius 2 is 0.500 bits per heavy atom. The van der Waals surface area contributed by atoms with Crippen molar-refractivity contribution in [3.63, 3.8) is 0 Å². The van der Waals surface area contributed by atoms with Crippen molar-refractivity contribution < 1.29 is 20.8 Å². The van der Waals surface area contributed by atoms with Crippen LogP contribution >= 0.6 is 0 Å². The normalized spacial score (nSPS) is 6.50. The van der Waals surface area contributed by atoms with Crippen LogP contribution in [-0.4, -0.2) is 53.2 Å². The number of nitrogens with one attached hydrogen (secondary N) is 2. The maximum atomic E-state index is 2.08. The van der Waals surface area contributed by atoms with Gasteiger partial charge in [-0.1, -0.05) is 13.8 Å². The third kappa shape index (κ3) is 30000. The third-order valence-electron chi connectivity index (χ3n) is 0. The van der Waals surface area contributed by atoms with Gasteiger partial charge in [0.05, 0.1) is 42.3 Å². The van der Waals surface area contributed by atoms with Gasteiger partial charge in [0.1, 0.15) is 0 Å². The summed E-state index contributed by atoms with van der Waals surface area (Å²) in [6.07, 6.45) is 0. The molecular weight excluding hydrogens is 156 g/mol. The quantitative estimate of drug-likeness (QED) is 0.466. The van der Waals surface area contributed by atoms with E-state index in [0.29, 0.717) is 0 Å². The van der Waals surface area contributed by atoms with Crippen molar-refractivity contribution in [2.24, 2.45) is 0 Å². The van der Waals surface area contributed by atoms with Crippen molar-refractivity contribution in [1.82, 2.24) is 0 Å². The topological polar surface area (TPSA) is 68.9 Å². The highest BCUT2D eigenvalue weighted by atomic mass is 16.0. The molecule has 82 valence electrons. The molecule has 0 atom stereocenters. The van der Waals surface area contributed by atoms with Crippen LogP contribution in [0.4, 0.5) is 0 Å². The number of rotatable bonds is 0. The molecule has 0 aromatic rings. The predicted molar refractivity (Wildman–Crippen MR) is 52.7 cm³/mol. The number of hydrogen-bond acceptors (Lipinski definition) is 2. The minimum absolute atomic E-state index is 0. The summed E-state index contributed by atoms with van der Waals surface area (Å²) < 4.78 is 0. The van der Waals surface area contributed by atoms with Crippen LogP contribution in [-0.2, 0) is 0 Å². The molecule has 0 amide bonds. The molecule has 0 aliphatic rings. The molecule has 0 heterocycles. The van der Waals surface area contributed by atoms with Crippen LogP contribution in [0.25, 0.3) is 0 Å². The molecule has 0 unspecified atom stereocenters. The Morgan fingerprint density at radius 3 is 0.500 bits per heavy atom. The van der Waals surface area contributed by atoms with Gasteiger partial charge in [0.25, 0.3) is 0 Å². The van der Waals surface area contributed by atoms with Crippen LogP contribution in [0.2, 0.25) is 0 Å². The maximum Gasteiger partial charge on any atom is 0.0661 e. The fourth-order valence-electron chi connectivity index (χ4n) is 0. The van der Waals surface area contributed by atoms with Crippen LogP contribution in [0, 0.1) is 0 Å². The molecule has 0 radical (unpaired) electrons. The largest absolute Gasteiger partial charge is 0.870 e.